The summed E-state index contributed by atoms with van der Waals surface area (Å²) in [4.78, 5) is 24.3. The van der Waals surface area contributed by atoms with Crippen molar-refractivity contribution >= 4 is 18.0 Å². The van der Waals surface area contributed by atoms with Gasteiger partial charge in [0.2, 0.25) is 11.7 Å². The van der Waals surface area contributed by atoms with Crippen molar-refractivity contribution < 1.29 is 29.3 Å². The van der Waals surface area contributed by atoms with Crippen LogP contribution in [0.25, 0.3) is 6.08 Å². The summed E-state index contributed by atoms with van der Waals surface area (Å²) in [5.41, 5.74) is 0.365. The first-order valence-electron chi connectivity index (χ1n) is 6.39. The van der Waals surface area contributed by atoms with E-state index in [-0.39, 0.29) is 35.1 Å². The molecule has 0 aliphatic heterocycles. The molecule has 2 N–H and O–H groups in total. The van der Waals surface area contributed by atoms with Crippen molar-refractivity contribution in [1.29, 1.82) is 0 Å². The molecule has 7 nitrogen and oxygen atoms in total. The molecule has 1 rings (SSSR count). The van der Waals surface area contributed by atoms with Crippen molar-refractivity contribution in [3.8, 4) is 17.2 Å². The Kier molecular flexibility index (Phi) is 5.80. The van der Waals surface area contributed by atoms with Crippen LogP contribution in [0.1, 0.15) is 12.0 Å². The molecule has 0 fully saturated rings. The van der Waals surface area contributed by atoms with E-state index in [1.54, 1.807) is 14.1 Å². The standard InChI is InChI=1S/C15H19NO6/c1-16(2)13(17)8-10(15(19)20)5-9-6-11(21-3)14(18)12(7-9)22-4/h5-7,18H,8H2,1-4H3,(H,19,20)/b10-5+. The second-order valence-corrected chi connectivity index (χ2v) is 4.71. The molecule has 0 aliphatic rings. The molecular weight excluding hydrogens is 290 g/mol. The molecule has 0 heterocycles. The number of phenols is 1. The lowest BCUT2D eigenvalue weighted by molar-refractivity contribution is -0.135. The largest absolute Gasteiger partial charge is 0.502 e. The predicted molar refractivity (Wildman–Crippen MR) is 80.1 cm³/mol. The molecule has 120 valence electrons. The molecule has 1 aromatic carbocycles. The summed E-state index contributed by atoms with van der Waals surface area (Å²) < 4.78 is 10.0. The summed E-state index contributed by atoms with van der Waals surface area (Å²) in [5, 5.41) is 19.0. The van der Waals surface area contributed by atoms with E-state index in [4.69, 9.17) is 9.47 Å². The highest BCUT2D eigenvalue weighted by Gasteiger charge is 2.16. The van der Waals surface area contributed by atoms with Crippen molar-refractivity contribution in [3.63, 3.8) is 0 Å². The van der Waals surface area contributed by atoms with Gasteiger partial charge in [-0.1, -0.05) is 0 Å². The summed E-state index contributed by atoms with van der Waals surface area (Å²) in [6.45, 7) is 0. The van der Waals surface area contributed by atoms with Crippen LogP contribution >= 0.6 is 0 Å². The van der Waals surface area contributed by atoms with Crippen LogP contribution in [-0.2, 0) is 9.59 Å². The Morgan fingerprint density at radius 3 is 2.05 bits per heavy atom. The fourth-order valence-corrected chi connectivity index (χ4v) is 1.71. The van der Waals surface area contributed by atoms with Crippen LogP contribution in [0.3, 0.4) is 0 Å². The van der Waals surface area contributed by atoms with Crippen LogP contribution in [0.5, 0.6) is 17.2 Å². The number of carbonyl (C=O) groups excluding carboxylic acids is 1. The minimum Gasteiger partial charge on any atom is -0.502 e. The maximum absolute atomic E-state index is 11.7. The molecule has 0 spiro atoms. The second-order valence-electron chi connectivity index (χ2n) is 4.71. The van der Waals surface area contributed by atoms with Gasteiger partial charge in [0.25, 0.3) is 0 Å². The summed E-state index contributed by atoms with van der Waals surface area (Å²) in [7, 11) is 5.84. The van der Waals surface area contributed by atoms with Gasteiger partial charge in [0, 0.05) is 19.7 Å². The first kappa shape index (κ1) is 17.4. The Hall–Kier alpha value is -2.70. The maximum atomic E-state index is 11.7. The molecule has 0 atom stereocenters. The average Bonchev–Trinajstić information content (AvgIpc) is 2.47. The van der Waals surface area contributed by atoms with Gasteiger partial charge in [0.1, 0.15) is 0 Å². The van der Waals surface area contributed by atoms with Gasteiger partial charge in [-0.2, -0.15) is 0 Å². The van der Waals surface area contributed by atoms with Crippen molar-refractivity contribution in [1.82, 2.24) is 4.90 Å². The number of carboxylic acid groups (broad SMARTS) is 1. The molecule has 0 saturated carbocycles. The summed E-state index contributed by atoms with van der Waals surface area (Å²) in [5.74, 6) is -1.40. The number of nitrogens with zero attached hydrogens (tertiary/aromatic N) is 1. The Labute approximate surface area is 128 Å². The van der Waals surface area contributed by atoms with Crippen LogP contribution in [-0.4, -0.2) is 55.3 Å². The van der Waals surface area contributed by atoms with Gasteiger partial charge in [0.05, 0.1) is 20.6 Å². The number of phenolic OH excluding ortho intramolecular Hbond substituents is 1. The number of carbonyl (C=O) groups is 2. The second kappa shape index (κ2) is 7.35. The molecule has 0 bridgehead atoms. The SMILES string of the molecule is COc1cc(/C=C(\CC(=O)N(C)C)C(=O)O)cc(OC)c1O. The molecular formula is C15H19NO6. The number of hydrogen-bond donors (Lipinski definition) is 2. The number of benzene rings is 1. The molecule has 0 saturated heterocycles. The lowest BCUT2D eigenvalue weighted by atomic mass is 10.1. The quantitative estimate of drug-likeness (QED) is 0.770. The average molecular weight is 309 g/mol. The molecule has 0 unspecified atom stereocenters. The van der Waals surface area contributed by atoms with E-state index in [1.807, 2.05) is 0 Å². The molecule has 1 aromatic rings. The summed E-state index contributed by atoms with van der Waals surface area (Å²) >= 11 is 0. The van der Waals surface area contributed by atoms with Gasteiger partial charge in [-0.15, -0.1) is 0 Å². The maximum Gasteiger partial charge on any atom is 0.332 e. The van der Waals surface area contributed by atoms with Gasteiger partial charge in [0.15, 0.2) is 11.5 Å². The highest BCUT2D eigenvalue weighted by Crippen LogP contribution is 2.37. The first-order valence-corrected chi connectivity index (χ1v) is 6.39. The van der Waals surface area contributed by atoms with Crippen molar-refractivity contribution in [3.05, 3.63) is 23.3 Å². The lowest BCUT2D eigenvalue weighted by Gasteiger charge is -2.12. The molecule has 0 radical (unpaired) electrons. The smallest absolute Gasteiger partial charge is 0.332 e. The monoisotopic (exact) mass is 309 g/mol. The Bertz CT molecular complexity index is 581. The molecule has 0 aromatic heterocycles. The van der Waals surface area contributed by atoms with Crippen molar-refractivity contribution in [2.45, 2.75) is 6.42 Å². The van der Waals surface area contributed by atoms with E-state index in [0.717, 1.165) is 0 Å². The number of amides is 1. The number of methoxy groups -OCH3 is 2. The third-order valence-corrected chi connectivity index (χ3v) is 2.96. The minimum absolute atomic E-state index is 0.0755. The zero-order valence-electron chi connectivity index (χ0n) is 12.9. The van der Waals surface area contributed by atoms with E-state index in [1.165, 1.54) is 37.3 Å². The summed E-state index contributed by atoms with van der Waals surface area (Å²) in [6, 6.07) is 2.92. The summed E-state index contributed by atoms with van der Waals surface area (Å²) in [6.07, 6.45) is 1.10. The number of hydrogen-bond acceptors (Lipinski definition) is 5. The van der Waals surface area contributed by atoms with Crippen molar-refractivity contribution in [2.24, 2.45) is 0 Å². The first-order chi connectivity index (χ1) is 10.3. The number of carboxylic acids is 1. The Morgan fingerprint density at radius 2 is 1.68 bits per heavy atom. The Morgan fingerprint density at radius 1 is 1.18 bits per heavy atom. The van der Waals surface area contributed by atoms with Gasteiger partial charge < -0.3 is 24.6 Å². The van der Waals surface area contributed by atoms with Crippen LogP contribution in [0.15, 0.2) is 17.7 Å². The normalized spacial score (nSPS) is 11.0. The van der Waals surface area contributed by atoms with E-state index in [9.17, 15) is 19.8 Å². The fraction of sp³-hybridized carbons (Fsp3) is 0.333. The highest BCUT2D eigenvalue weighted by molar-refractivity contribution is 5.98. The zero-order chi connectivity index (χ0) is 16.9. The van der Waals surface area contributed by atoms with Crippen LogP contribution < -0.4 is 9.47 Å². The molecule has 1 amide bonds. The zero-order valence-corrected chi connectivity index (χ0v) is 12.9. The fourth-order valence-electron chi connectivity index (χ4n) is 1.71. The van der Waals surface area contributed by atoms with Gasteiger partial charge in [-0.05, 0) is 23.8 Å². The number of aliphatic carboxylic acids is 1. The van der Waals surface area contributed by atoms with E-state index in [0.29, 0.717) is 5.56 Å². The number of rotatable bonds is 6. The van der Waals surface area contributed by atoms with Gasteiger partial charge >= 0.3 is 5.97 Å². The molecule has 0 aliphatic carbocycles. The van der Waals surface area contributed by atoms with E-state index >= 15 is 0 Å². The van der Waals surface area contributed by atoms with Crippen molar-refractivity contribution in [2.75, 3.05) is 28.3 Å². The minimum atomic E-state index is -1.19. The van der Waals surface area contributed by atoms with Crippen LogP contribution in [0.2, 0.25) is 0 Å². The Balaban J connectivity index is 3.26. The molecule has 7 heteroatoms. The topological polar surface area (TPSA) is 96.3 Å². The van der Waals surface area contributed by atoms with E-state index in [2.05, 4.69) is 0 Å². The number of ether oxygens (including phenoxy) is 2. The number of aromatic hydroxyl groups is 1. The van der Waals surface area contributed by atoms with Crippen LogP contribution in [0.4, 0.5) is 0 Å². The van der Waals surface area contributed by atoms with E-state index < -0.39 is 5.97 Å². The predicted octanol–water partition coefficient (Wildman–Crippen LogP) is 1.36. The molecule has 22 heavy (non-hydrogen) atoms. The third kappa shape index (κ3) is 4.15. The van der Waals surface area contributed by atoms with Crippen LogP contribution in [0, 0.1) is 0 Å². The third-order valence-electron chi connectivity index (χ3n) is 2.96. The lowest BCUT2D eigenvalue weighted by Crippen LogP contribution is -2.23. The van der Waals surface area contributed by atoms with Gasteiger partial charge in [-0.25, -0.2) is 4.79 Å². The highest BCUT2D eigenvalue weighted by atomic mass is 16.5. The van der Waals surface area contributed by atoms with Gasteiger partial charge in [-0.3, -0.25) is 4.79 Å².